The number of nitrogens with zero attached hydrogens (tertiary/aromatic N) is 1. The summed E-state index contributed by atoms with van der Waals surface area (Å²) in [4.78, 5) is 12.4. The van der Waals surface area contributed by atoms with Gasteiger partial charge < -0.3 is 10.1 Å². The first-order valence-electron chi connectivity index (χ1n) is 8.49. The molecule has 5 heteroatoms. The topological polar surface area (TPSA) is 62.1 Å². The Labute approximate surface area is 152 Å². The van der Waals surface area contributed by atoms with E-state index in [9.17, 15) is 10.1 Å². The lowest BCUT2D eigenvalue weighted by Gasteiger charge is -2.22. The molecule has 1 aliphatic carbocycles. The van der Waals surface area contributed by atoms with Gasteiger partial charge in [-0.1, -0.05) is 42.1 Å². The maximum absolute atomic E-state index is 12.4. The van der Waals surface area contributed by atoms with Crippen molar-refractivity contribution in [2.45, 2.75) is 51.5 Å². The number of amides is 1. The molecule has 1 amide bonds. The van der Waals surface area contributed by atoms with Crippen molar-refractivity contribution >= 4 is 27.9 Å². The van der Waals surface area contributed by atoms with Crippen LogP contribution in [0.25, 0.3) is 6.08 Å². The highest BCUT2D eigenvalue weighted by Gasteiger charge is 2.18. The summed E-state index contributed by atoms with van der Waals surface area (Å²) in [5.74, 6) is 0.379. The lowest BCUT2D eigenvalue weighted by Crippen LogP contribution is -2.36. The minimum atomic E-state index is -0.300. The first-order chi connectivity index (χ1) is 11.6. The molecule has 0 aliphatic heterocycles. The largest absolute Gasteiger partial charge is 0.493 e. The quantitative estimate of drug-likeness (QED) is 0.570. The van der Waals surface area contributed by atoms with Crippen LogP contribution in [0.4, 0.5) is 0 Å². The Bertz CT molecular complexity index is 643. The van der Waals surface area contributed by atoms with E-state index < -0.39 is 0 Å². The van der Waals surface area contributed by atoms with Crippen LogP contribution in [0, 0.1) is 11.3 Å². The molecule has 4 nitrogen and oxygen atoms in total. The second-order valence-electron chi connectivity index (χ2n) is 6.01. The van der Waals surface area contributed by atoms with Gasteiger partial charge in [-0.15, -0.1) is 0 Å². The zero-order valence-corrected chi connectivity index (χ0v) is 15.6. The smallest absolute Gasteiger partial charge is 0.262 e. The highest BCUT2D eigenvalue weighted by molar-refractivity contribution is 9.10. The lowest BCUT2D eigenvalue weighted by atomic mass is 9.95. The number of carbonyl (C=O) groups is 1. The third-order valence-electron chi connectivity index (χ3n) is 4.04. The molecule has 0 spiro atoms. The molecule has 0 atom stereocenters. The molecule has 1 aromatic carbocycles. The Kier molecular flexibility index (Phi) is 7.33. The van der Waals surface area contributed by atoms with Gasteiger partial charge in [-0.25, -0.2) is 0 Å². The molecule has 128 valence electrons. The molecule has 0 unspecified atom stereocenters. The second kappa shape index (κ2) is 9.48. The van der Waals surface area contributed by atoms with Gasteiger partial charge in [0, 0.05) is 16.1 Å². The number of hydrogen-bond acceptors (Lipinski definition) is 3. The Morgan fingerprint density at radius 3 is 2.83 bits per heavy atom. The van der Waals surface area contributed by atoms with Crippen LogP contribution in [-0.2, 0) is 4.79 Å². The summed E-state index contributed by atoms with van der Waals surface area (Å²) in [6, 6.07) is 7.79. The summed E-state index contributed by atoms with van der Waals surface area (Å²) in [5.41, 5.74) is 0.841. The summed E-state index contributed by atoms with van der Waals surface area (Å²) in [7, 11) is 0. The Hall–Kier alpha value is -1.80. The van der Waals surface area contributed by atoms with Crippen molar-refractivity contribution in [1.29, 1.82) is 5.26 Å². The van der Waals surface area contributed by atoms with Crippen molar-refractivity contribution < 1.29 is 9.53 Å². The van der Waals surface area contributed by atoms with Gasteiger partial charge in [-0.05, 0) is 43.5 Å². The Morgan fingerprint density at radius 2 is 2.17 bits per heavy atom. The molecule has 1 N–H and O–H groups in total. The maximum atomic E-state index is 12.4. The van der Waals surface area contributed by atoms with Crippen molar-refractivity contribution in [3.05, 3.63) is 33.8 Å². The van der Waals surface area contributed by atoms with Crippen LogP contribution >= 0.6 is 15.9 Å². The number of hydrogen-bond donors (Lipinski definition) is 1. The van der Waals surface area contributed by atoms with E-state index in [0.717, 1.165) is 42.1 Å². The standard InChI is InChI=1S/C19H23BrN2O2/c1-2-10-24-18-9-8-16(20)12-14(18)11-15(13-21)19(23)22-17-6-4-3-5-7-17/h8-9,11-12,17H,2-7,10H2,1H3,(H,22,23)/b15-11+. The third-order valence-corrected chi connectivity index (χ3v) is 4.53. The van der Waals surface area contributed by atoms with E-state index in [1.807, 2.05) is 31.2 Å². The van der Waals surface area contributed by atoms with Gasteiger partial charge in [0.25, 0.3) is 5.91 Å². The van der Waals surface area contributed by atoms with Crippen LogP contribution in [0.2, 0.25) is 0 Å². The number of nitrogens with one attached hydrogen (secondary N) is 1. The molecule has 0 radical (unpaired) electrons. The van der Waals surface area contributed by atoms with Crippen LogP contribution in [0.5, 0.6) is 5.75 Å². The third kappa shape index (κ3) is 5.38. The number of ether oxygens (including phenoxy) is 1. The number of nitriles is 1. The van der Waals surface area contributed by atoms with Gasteiger partial charge in [0.2, 0.25) is 0 Å². The van der Waals surface area contributed by atoms with E-state index in [1.165, 1.54) is 6.42 Å². The highest BCUT2D eigenvalue weighted by Crippen LogP contribution is 2.26. The molecule has 0 heterocycles. The van der Waals surface area contributed by atoms with Crippen LogP contribution in [0.3, 0.4) is 0 Å². The fourth-order valence-corrected chi connectivity index (χ4v) is 3.17. The minimum absolute atomic E-state index is 0.111. The van der Waals surface area contributed by atoms with Gasteiger partial charge in [0.1, 0.15) is 17.4 Å². The highest BCUT2D eigenvalue weighted by atomic mass is 79.9. The first kappa shape index (κ1) is 18.5. The van der Waals surface area contributed by atoms with E-state index in [1.54, 1.807) is 6.08 Å². The van der Waals surface area contributed by atoms with Gasteiger partial charge >= 0.3 is 0 Å². The van der Waals surface area contributed by atoms with Gasteiger partial charge in [0.05, 0.1) is 6.61 Å². The van der Waals surface area contributed by atoms with Crippen LogP contribution < -0.4 is 10.1 Å². The van der Waals surface area contributed by atoms with E-state index >= 15 is 0 Å². The Balaban J connectivity index is 2.17. The van der Waals surface area contributed by atoms with Crippen molar-refractivity contribution in [3.8, 4) is 11.8 Å². The number of halogens is 1. The molecule has 1 aromatic rings. The molecule has 1 fully saturated rings. The molecule has 2 rings (SSSR count). The first-order valence-corrected chi connectivity index (χ1v) is 9.28. The number of carbonyl (C=O) groups excluding carboxylic acids is 1. The summed E-state index contributed by atoms with van der Waals surface area (Å²) in [5, 5.41) is 12.4. The molecular formula is C19H23BrN2O2. The zero-order chi connectivity index (χ0) is 17.4. The lowest BCUT2D eigenvalue weighted by molar-refractivity contribution is -0.117. The minimum Gasteiger partial charge on any atom is -0.493 e. The van der Waals surface area contributed by atoms with E-state index in [-0.39, 0.29) is 17.5 Å². The summed E-state index contributed by atoms with van der Waals surface area (Å²) in [6.45, 7) is 2.63. The normalized spacial score (nSPS) is 15.6. The predicted molar refractivity (Wildman–Crippen MR) is 98.5 cm³/mol. The fourth-order valence-electron chi connectivity index (χ4n) is 2.79. The van der Waals surface area contributed by atoms with E-state index in [2.05, 4.69) is 21.2 Å². The molecule has 0 aromatic heterocycles. The van der Waals surface area contributed by atoms with Crippen molar-refractivity contribution in [1.82, 2.24) is 5.32 Å². The maximum Gasteiger partial charge on any atom is 0.262 e. The summed E-state index contributed by atoms with van der Waals surface area (Å²) in [6.07, 6.45) is 7.98. The molecule has 0 bridgehead atoms. The zero-order valence-electron chi connectivity index (χ0n) is 14.0. The molecule has 24 heavy (non-hydrogen) atoms. The monoisotopic (exact) mass is 390 g/mol. The average molecular weight is 391 g/mol. The average Bonchev–Trinajstić information content (AvgIpc) is 2.59. The van der Waals surface area contributed by atoms with Crippen molar-refractivity contribution in [2.24, 2.45) is 0 Å². The number of benzene rings is 1. The molecule has 1 aliphatic rings. The molecular weight excluding hydrogens is 368 g/mol. The van der Waals surface area contributed by atoms with Crippen LogP contribution in [-0.4, -0.2) is 18.6 Å². The SMILES string of the molecule is CCCOc1ccc(Br)cc1/C=C(\C#N)C(=O)NC1CCCCC1. The predicted octanol–water partition coefficient (Wildman–Crippen LogP) is 4.59. The Morgan fingerprint density at radius 1 is 1.42 bits per heavy atom. The van der Waals surface area contributed by atoms with Crippen molar-refractivity contribution in [2.75, 3.05) is 6.61 Å². The molecule has 1 saturated carbocycles. The van der Waals surface area contributed by atoms with Gasteiger partial charge in [0.15, 0.2) is 0 Å². The second-order valence-corrected chi connectivity index (χ2v) is 6.92. The van der Waals surface area contributed by atoms with E-state index in [4.69, 9.17) is 4.74 Å². The van der Waals surface area contributed by atoms with E-state index in [0.29, 0.717) is 12.4 Å². The van der Waals surface area contributed by atoms with Crippen LogP contribution in [0.1, 0.15) is 51.0 Å². The van der Waals surface area contributed by atoms with Crippen LogP contribution in [0.15, 0.2) is 28.2 Å². The summed E-state index contributed by atoms with van der Waals surface area (Å²) >= 11 is 3.42. The van der Waals surface area contributed by atoms with Gasteiger partial charge in [-0.2, -0.15) is 5.26 Å². The fraction of sp³-hybridized carbons (Fsp3) is 0.474. The summed E-state index contributed by atoms with van der Waals surface area (Å²) < 4.78 is 6.59. The van der Waals surface area contributed by atoms with Crippen molar-refractivity contribution in [3.63, 3.8) is 0 Å². The molecule has 0 saturated heterocycles. The number of rotatable bonds is 6. The van der Waals surface area contributed by atoms with Gasteiger partial charge in [-0.3, -0.25) is 4.79 Å².